The zero-order chi connectivity index (χ0) is 23.3. The van der Waals surface area contributed by atoms with E-state index in [-0.39, 0.29) is 36.6 Å². The van der Waals surface area contributed by atoms with Crippen molar-refractivity contribution in [2.75, 3.05) is 0 Å². The lowest BCUT2D eigenvalue weighted by Gasteiger charge is -2.32. The van der Waals surface area contributed by atoms with E-state index in [0.29, 0.717) is 0 Å². The van der Waals surface area contributed by atoms with Gasteiger partial charge >= 0.3 is 14.2 Å². The maximum atomic E-state index is 6.26. The molecule has 2 aliphatic heterocycles. The van der Waals surface area contributed by atoms with E-state index in [4.69, 9.17) is 18.6 Å². The molecule has 0 unspecified atom stereocenters. The SMILES string of the molecule is C=C1c2cc(B3OC(C)(C)C(C)(C)O3)ccc2-c2ccc(B3OC(C)(C)C(C)(C)O3)cc21. The Morgan fingerprint density at radius 2 is 0.844 bits per heavy atom. The van der Waals surface area contributed by atoms with Crippen molar-refractivity contribution in [3.8, 4) is 11.1 Å². The van der Waals surface area contributed by atoms with Crippen LogP contribution in [0.5, 0.6) is 0 Å². The summed E-state index contributed by atoms with van der Waals surface area (Å²) in [5.41, 5.74) is 6.19. The molecule has 2 saturated heterocycles. The Bertz CT molecular complexity index is 1010. The molecule has 0 radical (unpaired) electrons. The van der Waals surface area contributed by atoms with Crippen molar-refractivity contribution in [1.82, 2.24) is 0 Å². The van der Waals surface area contributed by atoms with Crippen LogP contribution >= 0.6 is 0 Å². The summed E-state index contributed by atoms with van der Waals surface area (Å²) in [4.78, 5) is 0. The highest BCUT2D eigenvalue weighted by Crippen LogP contribution is 2.44. The lowest BCUT2D eigenvalue weighted by atomic mass is 9.77. The van der Waals surface area contributed by atoms with Crippen LogP contribution in [-0.2, 0) is 18.6 Å². The molecule has 2 heterocycles. The first-order valence-electron chi connectivity index (χ1n) is 11.4. The second kappa shape index (κ2) is 6.60. The molecule has 166 valence electrons. The van der Waals surface area contributed by atoms with Crippen molar-refractivity contribution in [3.05, 3.63) is 54.1 Å². The molecule has 2 aromatic carbocycles. The fourth-order valence-electron chi connectivity index (χ4n) is 4.49. The first-order valence-corrected chi connectivity index (χ1v) is 11.4. The van der Waals surface area contributed by atoms with Gasteiger partial charge in [-0.25, -0.2) is 0 Å². The number of rotatable bonds is 2. The van der Waals surface area contributed by atoms with Gasteiger partial charge in [0.2, 0.25) is 0 Å². The maximum absolute atomic E-state index is 6.26. The molecule has 32 heavy (non-hydrogen) atoms. The predicted octanol–water partition coefficient (Wildman–Crippen LogP) is 4.33. The van der Waals surface area contributed by atoms with Crippen LogP contribution in [0.2, 0.25) is 0 Å². The highest BCUT2D eigenvalue weighted by atomic mass is 16.7. The molecule has 0 amide bonds. The number of hydrogen-bond donors (Lipinski definition) is 0. The second-order valence-electron chi connectivity index (χ2n) is 11.3. The molecule has 0 spiro atoms. The molecular weight excluding hydrogens is 398 g/mol. The third-order valence-corrected chi connectivity index (χ3v) is 8.08. The van der Waals surface area contributed by atoms with Gasteiger partial charge in [-0.05, 0) is 94.1 Å². The Balaban J connectivity index is 1.46. The smallest absolute Gasteiger partial charge is 0.399 e. The summed E-state index contributed by atoms with van der Waals surface area (Å²) in [7, 11) is -0.774. The van der Waals surface area contributed by atoms with Crippen LogP contribution in [-0.4, -0.2) is 36.6 Å². The highest BCUT2D eigenvalue weighted by Gasteiger charge is 2.53. The largest absolute Gasteiger partial charge is 0.494 e. The summed E-state index contributed by atoms with van der Waals surface area (Å²) in [5, 5.41) is 0. The summed E-state index contributed by atoms with van der Waals surface area (Å²) < 4.78 is 25.1. The van der Waals surface area contributed by atoms with Gasteiger partial charge < -0.3 is 18.6 Å². The van der Waals surface area contributed by atoms with Crippen LogP contribution in [0.1, 0.15) is 66.5 Å². The first kappa shape index (κ1) is 22.0. The van der Waals surface area contributed by atoms with Crippen LogP contribution < -0.4 is 10.9 Å². The molecule has 0 N–H and O–H groups in total. The quantitative estimate of drug-likeness (QED) is 0.568. The minimum Gasteiger partial charge on any atom is -0.399 e. The normalized spacial score (nSPS) is 24.1. The molecule has 2 aromatic rings. The molecule has 0 aromatic heterocycles. The van der Waals surface area contributed by atoms with Gasteiger partial charge in [-0.3, -0.25) is 0 Å². The van der Waals surface area contributed by atoms with E-state index in [0.717, 1.165) is 27.6 Å². The predicted molar refractivity (Wildman–Crippen MR) is 131 cm³/mol. The molecule has 5 rings (SSSR count). The van der Waals surface area contributed by atoms with Crippen molar-refractivity contribution in [1.29, 1.82) is 0 Å². The third kappa shape index (κ3) is 3.07. The first-order chi connectivity index (χ1) is 14.7. The molecule has 0 bridgehead atoms. The maximum Gasteiger partial charge on any atom is 0.494 e. The van der Waals surface area contributed by atoms with Crippen molar-refractivity contribution < 1.29 is 18.6 Å². The summed E-state index contributed by atoms with van der Waals surface area (Å²) in [6, 6.07) is 12.8. The van der Waals surface area contributed by atoms with Crippen LogP contribution in [0.25, 0.3) is 16.7 Å². The van der Waals surface area contributed by atoms with E-state index in [2.05, 4.69) is 98.4 Å². The zero-order valence-electron chi connectivity index (χ0n) is 20.5. The second-order valence-corrected chi connectivity index (χ2v) is 11.3. The molecule has 2 fully saturated rings. The van der Waals surface area contributed by atoms with Crippen LogP contribution in [0, 0.1) is 0 Å². The van der Waals surface area contributed by atoms with E-state index < -0.39 is 0 Å². The summed E-state index contributed by atoms with van der Waals surface area (Å²) in [6.45, 7) is 21.0. The fraction of sp³-hybridized carbons (Fsp3) is 0.462. The lowest BCUT2D eigenvalue weighted by Crippen LogP contribution is -2.41. The number of benzene rings is 2. The molecular formula is C26H32B2O4. The Morgan fingerprint density at radius 1 is 0.531 bits per heavy atom. The Kier molecular flexibility index (Phi) is 4.53. The van der Waals surface area contributed by atoms with Crippen LogP contribution in [0.3, 0.4) is 0 Å². The molecule has 0 atom stereocenters. The summed E-state index contributed by atoms with van der Waals surface area (Å²) >= 11 is 0. The van der Waals surface area contributed by atoms with Gasteiger partial charge in [-0.2, -0.15) is 0 Å². The summed E-state index contributed by atoms with van der Waals surface area (Å²) in [5.74, 6) is 0. The van der Waals surface area contributed by atoms with Crippen molar-refractivity contribution in [2.24, 2.45) is 0 Å². The third-order valence-electron chi connectivity index (χ3n) is 8.08. The van der Waals surface area contributed by atoms with E-state index in [9.17, 15) is 0 Å². The van der Waals surface area contributed by atoms with Gasteiger partial charge in [0.1, 0.15) is 0 Å². The van der Waals surface area contributed by atoms with Gasteiger partial charge in [0.15, 0.2) is 0 Å². The average Bonchev–Trinajstić information content (AvgIpc) is 3.19. The van der Waals surface area contributed by atoms with Gasteiger partial charge in [-0.1, -0.05) is 43.0 Å². The van der Waals surface area contributed by atoms with E-state index in [1.54, 1.807) is 0 Å². The van der Waals surface area contributed by atoms with Crippen molar-refractivity contribution in [3.63, 3.8) is 0 Å². The summed E-state index contributed by atoms with van der Waals surface area (Å²) in [6.07, 6.45) is 0. The molecule has 0 saturated carbocycles. The number of hydrogen-bond acceptors (Lipinski definition) is 4. The Hall–Kier alpha value is -1.85. The Labute approximate surface area is 192 Å². The standard InChI is InChI=1S/C26H32B2O4/c1-16-21-14-17(27-29-23(2,3)24(4,5)30-27)10-12-19(21)20-13-11-18(15-22(16)20)28-31-25(6,7)26(8,9)32-28/h10-15H,1H2,2-9H3. The van der Waals surface area contributed by atoms with Crippen LogP contribution in [0.15, 0.2) is 43.0 Å². The van der Waals surface area contributed by atoms with Crippen LogP contribution in [0.4, 0.5) is 0 Å². The molecule has 3 aliphatic rings. The van der Waals surface area contributed by atoms with Gasteiger partial charge in [-0.15, -0.1) is 0 Å². The minimum atomic E-state index is -0.387. The van der Waals surface area contributed by atoms with Gasteiger partial charge in [0.05, 0.1) is 22.4 Å². The molecule has 6 heteroatoms. The van der Waals surface area contributed by atoms with Crippen molar-refractivity contribution in [2.45, 2.75) is 77.8 Å². The monoisotopic (exact) mass is 430 g/mol. The minimum absolute atomic E-state index is 0.367. The lowest BCUT2D eigenvalue weighted by molar-refractivity contribution is 0.00578. The van der Waals surface area contributed by atoms with E-state index >= 15 is 0 Å². The van der Waals surface area contributed by atoms with E-state index in [1.807, 2.05) is 0 Å². The van der Waals surface area contributed by atoms with Crippen molar-refractivity contribution >= 4 is 30.7 Å². The molecule has 4 nitrogen and oxygen atoms in total. The number of fused-ring (bicyclic) bond motifs is 3. The fourth-order valence-corrected chi connectivity index (χ4v) is 4.49. The van der Waals surface area contributed by atoms with E-state index in [1.165, 1.54) is 11.1 Å². The van der Waals surface area contributed by atoms with Gasteiger partial charge in [0, 0.05) is 0 Å². The molecule has 1 aliphatic carbocycles. The Morgan fingerprint density at radius 3 is 1.16 bits per heavy atom. The highest BCUT2D eigenvalue weighted by molar-refractivity contribution is 6.62. The zero-order valence-corrected chi connectivity index (χ0v) is 20.5. The average molecular weight is 430 g/mol. The topological polar surface area (TPSA) is 36.9 Å². The van der Waals surface area contributed by atoms with Gasteiger partial charge in [0.25, 0.3) is 0 Å².